The van der Waals surface area contributed by atoms with E-state index in [-0.39, 0.29) is 16.0 Å². The van der Waals surface area contributed by atoms with Crippen molar-refractivity contribution in [2.75, 3.05) is 0 Å². The molecule has 2 aliphatic rings. The van der Waals surface area contributed by atoms with Crippen molar-refractivity contribution < 1.29 is 9.59 Å². The molecule has 2 nitrogen and oxygen atoms in total. The average Bonchev–Trinajstić information content (AvgIpc) is 2.79. The van der Waals surface area contributed by atoms with Crippen LogP contribution in [0.3, 0.4) is 0 Å². The average molecular weight is 243 g/mol. The Balaban J connectivity index is 2.11. The summed E-state index contributed by atoms with van der Waals surface area (Å²) in [5, 5.41) is 0. The maximum atomic E-state index is 11.1. The van der Waals surface area contributed by atoms with Crippen LogP contribution in [0.25, 0.3) is 0 Å². The number of halogens is 1. The second kappa shape index (κ2) is 3.05. The molecule has 0 bridgehead atoms. The van der Waals surface area contributed by atoms with E-state index in [1.54, 1.807) is 6.08 Å². The van der Waals surface area contributed by atoms with Gasteiger partial charge in [0.25, 0.3) is 0 Å². The predicted octanol–water partition coefficient (Wildman–Crippen LogP) is 2.02. The molecule has 0 amide bonds. The third kappa shape index (κ3) is 1.62. The SMILES string of the molecule is O=C[C@]1(Br)C[C@H]1C1=CC(=O)CCC1. The van der Waals surface area contributed by atoms with E-state index in [1.807, 2.05) is 0 Å². The number of rotatable bonds is 2. The molecule has 0 aromatic carbocycles. The zero-order valence-corrected chi connectivity index (χ0v) is 8.84. The molecule has 1 fully saturated rings. The summed E-state index contributed by atoms with van der Waals surface area (Å²) in [4.78, 5) is 21.8. The fourth-order valence-electron chi connectivity index (χ4n) is 1.92. The molecule has 2 rings (SSSR count). The van der Waals surface area contributed by atoms with Gasteiger partial charge in [-0.05, 0) is 25.3 Å². The van der Waals surface area contributed by atoms with Crippen LogP contribution >= 0.6 is 15.9 Å². The van der Waals surface area contributed by atoms with Gasteiger partial charge in [-0.3, -0.25) is 4.79 Å². The molecule has 0 N–H and O–H groups in total. The quantitative estimate of drug-likeness (QED) is 0.549. The van der Waals surface area contributed by atoms with E-state index in [4.69, 9.17) is 0 Å². The van der Waals surface area contributed by atoms with Crippen molar-refractivity contribution in [3.63, 3.8) is 0 Å². The lowest BCUT2D eigenvalue weighted by atomic mass is 9.94. The molecule has 3 heteroatoms. The third-order valence-corrected chi connectivity index (χ3v) is 3.88. The van der Waals surface area contributed by atoms with E-state index in [1.165, 1.54) is 5.57 Å². The largest absolute Gasteiger partial charge is 0.302 e. The molecule has 0 aliphatic heterocycles. The number of aldehydes is 1. The van der Waals surface area contributed by atoms with Crippen LogP contribution in [-0.4, -0.2) is 16.4 Å². The Bertz CT molecular complexity index is 295. The standard InChI is InChI=1S/C10H11BrO2/c11-10(6-12)5-9(10)7-2-1-3-8(13)4-7/h4,6,9H,1-3,5H2/t9-,10+/m0/s1. The van der Waals surface area contributed by atoms with Crippen LogP contribution in [0.2, 0.25) is 0 Å². The Morgan fingerprint density at radius 2 is 2.31 bits per heavy atom. The molecule has 2 aliphatic carbocycles. The summed E-state index contributed by atoms with van der Waals surface area (Å²) in [6.07, 6.45) is 6.15. The lowest BCUT2D eigenvalue weighted by molar-refractivity contribution is -0.115. The first-order chi connectivity index (χ1) is 6.15. The van der Waals surface area contributed by atoms with Crippen LogP contribution in [0.5, 0.6) is 0 Å². The second-order valence-corrected chi connectivity index (χ2v) is 5.32. The molecule has 13 heavy (non-hydrogen) atoms. The van der Waals surface area contributed by atoms with Crippen molar-refractivity contribution in [1.29, 1.82) is 0 Å². The van der Waals surface area contributed by atoms with Gasteiger partial charge in [0, 0.05) is 12.3 Å². The van der Waals surface area contributed by atoms with E-state index >= 15 is 0 Å². The van der Waals surface area contributed by atoms with Gasteiger partial charge in [0.05, 0.1) is 4.32 Å². The van der Waals surface area contributed by atoms with Gasteiger partial charge in [-0.1, -0.05) is 21.5 Å². The first kappa shape index (κ1) is 9.13. The molecule has 0 unspecified atom stereocenters. The molecule has 0 aromatic heterocycles. The van der Waals surface area contributed by atoms with Gasteiger partial charge in [0.15, 0.2) is 5.78 Å². The number of alkyl halides is 1. The zero-order valence-electron chi connectivity index (χ0n) is 7.25. The number of ketones is 1. The molecule has 0 spiro atoms. The normalized spacial score (nSPS) is 38.4. The Kier molecular flexibility index (Phi) is 2.14. The lowest BCUT2D eigenvalue weighted by Gasteiger charge is -2.11. The van der Waals surface area contributed by atoms with Crippen molar-refractivity contribution in [3.05, 3.63) is 11.6 Å². The molecule has 1 saturated carbocycles. The summed E-state index contributed by atoms with van der Waals surface area (Å²) in [6, 6.07) is 0. The Morgan fingerprint density at radius 1 is 1.54 bits per heavy atom. The van der Waals surface area contributed by atoms with Gasteiger partial charge in [-0.15, -0.1) is 0 Å². The van der Waals surface area contributed by atoms with Gasteiger partial charge >= 0.3 is 0 Å². The summed E-state index contributed by atoms with van der Waals surface area (Å²) >= 11 is 3.39. The van der Waals surface area contributed by atoms with Crippen molar-refractivity contribution in [2.24, 2.45) is 5.92 Å². The molecule has 0 saturated heterocycles. The van der Waals surface area contributed by atoms with E-state index in [9.17, 15) is 9.59 Å². The molecule has 70 valence electrons. The minimum atomic E-state index is -0.337. The number of carbonyl (C=O) groups excluding carboxylic acids is 2. The van der Waals surface area contributed by atoms with E-state index < -0.39 is 0 Å². The van der Waals surface area contributed by atoms with Gasteiger partial charge < -0.3 is 4.79 Å². The molecule has 0 aromatic rings. The second-order valence-electron chi connectivity index (χ2n) is 3.84. The van der Waals surface area contributed by atoms with E-state index in [0.717, 1.165) is 25.5 Å². The third-order valence-electron chi connectivity index (χ3n) is 2.81. The molecule has 2 atom stereocenters. The predicted molar refractivity (Wildman–Crippen MR) is 52.8 cm³/mol. The molecule has 0 heterocycles. The minimum absolute atomic E-state index is 0.217. The number of allylic oxidation sites excluding steroid dienone is 2. The fourth-order valence-corrected chi connectivity index (χ4v) is 2.53. The molecular formula is C10H11BrO2. The number of carbonyl (C=O) groups is 2. The van der Waals surface area contributed by atoms with E-state index in [2.05, 4.69) is 15.9 Å². The lowest BCUT2D eigenvalue weighted by Crippen LogP contribution is -2.09. The van der Waals surface area contributed by atoms with Gasteiger partial charge in [-0.2, -0.15) is 0 Å². The van der Waals surface area contributed by atoms with Gasteiger partial charge in [0.1, 0.15) is 6.29 Å². The Labute approximate surface area is 85.5 Å². The van der Waals surface area contributed by atoms with Crippen LogP contribution in [-0.2, 0) is 9.59 Å². The summed E-state index contributed by atoms with van der Waals surface area (Å²) in [7, 11) is 0. The number of hydrogen-bond acceptors (Lipinski definition) is 2. The van der Waals surface area contributed by atoms with Gasteiger partial charge in [-0.25, -0.2) is 0 Å². The summed E-state index contributed by atoms with van der Waals surface area (Å²) in [6.45, 7) is 0. The van der Waals surface area contributed by atoms with Crippen molar-refractivity contribution in [1.82, 2.24) is 0 Å². The van der Waals surface area contributed by atoms with E-state index in [0.29, 0.717) is 6.42 Å². The summed E-state index contributed by atoms with van der Waals surface area (Å²) < 4.78 is -0.337. The minimum Gasteiger partial charge on any atom is -0.302 e. The van der Waals surface area contributed by atoms with Crippen LogP contribution < -0.4 is 0 Å². The van der Waals surface area contributed by atoms with Crippen LogP contribution in [0, 0.1) is 5.92 Å². The van der Waals surface area contributed by atoms with Crippen LogP contribution in [0.1, 0.15) is 25.7 Å². The summed E-state index contributed by atoms with van der Waals surface area (Å²) in [5.74, 6) is 0.503. The van der Waals surface area contributed by atoms with Crippen molar-refractivity contribution in [3.8, 4) is 0 Å². The Hall–Kier alpha value is -0.440. The topological polar surface area (TPSA) is 34.1 Å². The first-order valence-electron chi connectivity index (χ1n) is 4.54. The maximum absolute atomic E-state index is 11.1. The maximum Gasteiger partial charge on any atom is 0.155 e. The number of hydrogen-bond donors (Lipinski definition) is 0. The molecule has 0 radical (unpaired) electrons. The van der Waals surface area contributed by atoms with Crippen LogP contribution in [0.4, 0.5) is 0 Å². The van der Waals surface area contributed by atoms with Crippen LogP contribution in [0.15, 0.2) is 11.6 Å². The highest BCUT2D eigenvalue weighted by Gasteiger charge is 2.54. The van der Waals surface area contributed by atoms with Gasteiger partial charge in [0.2, 0.25) is 0 Å². The highest BCUT2D eigenvalue weighted by molar-refractivity contribution is 9.10. The highest BCUT2D eigenvalue weighted by atomic mass is 79.9. The molecular weight excluding hydrogens is 232 g/mol. The first-order valence-corrected chi connectivity index (χ1v) is 5.33. The van der Waals surface area contributed by atoms with Crippen molar-refractivity contribution in [2.45, 2.75) is 30.0 Å². The zero-order chi connectivity index (χ0) is 9.47. The summed E-state index contributed by atoms with van der Waals surface area (Å²) in [5.41, 5.74) is 1.17. The van der Waals surface area contributed by atoms with Crippen molar-refractivity contribution >= 4 is 28.0 Å². The smallest absolute Gasteiger partial charge is 0.155 e. The fraction of sp³-hybridized carbons (Fsp3) is 0.600. The highest BCUT2D eigenvalue weighted by Crippen LogP contribution is 2.55. The Morgan fingerprint density at radius 3 is 2.85 bits per heavy atom. The monoisotopic (exact) mass is 242 g/mol.